The lowest BCUT2D eigenvalue weighted by Gasteiger charge is -2.19. The first-order valence-corrected chi connectivity index (χ1v) is 2.84. The van der Waals surface area contributed by atoms with Crippen molar-refractivity contribution in [2.45, 2.75) is 6.92 Å². The zero-order chi connectivity index (χ0) is 6.85. The topological polar surface area (TPSA) is 49.3 Å². The van der Waals surface area contributed by atoms with E-state index in [9.17, 15) is 4.79 Å². The van der Waals surface area contributed by atoms with Crippen molar-refractivity contribution in [1.29, 1.82) is 0 Å². The van der Waals surface area contributed by atoms with Gasteiger partial charge in [-0.2, -0.15) is 0 Å². The summed E-state index contributed by atoms with van der Waals surface area (Å²) < 4.78 is 0. The van der Waals surface area contributed by atoms with Crippen molar-refractivity contribution in [1.82, 2.24) is 5.32 Å². The summed E-state index contributed by atoms with van der Waals surface area (Å²) >= 11 is 0. The molecule has 1 rings (SSSR count). The van der Waals surface area contributed by atoms with Crippen molar-refractivity contribution in [2.24, 2.45) is 0 Å². The van der Waals surface area contributed by atoms with Gasteiger partial charge in [0.2, 0.25) is 0 Å². The molecule has 50 valence electrons. The van der Waals surface area contributed by atoms with Gasteiger partial charge in [-0.05, 0) is 12.5 Å². The first-order chi connectivity index (χ1) is 4.22. The van der Waals surface area contributed by atoms with Gasteiger partial charge in [0.15, 0.2) is 0 Å². The highest BCUT2D eigenvalue weighted by Gasteiger charge is 2.14. The molecule has 0 amide bonds. The molecule has 0 aromatic heterocycles. The highest BCUT2D eigenvalue weighted by atomic mass is 16.4. The van der Waals surface area contributed by atoms with Crippen LogP contribution in [0, 0.1) is 0 Å². The molecule has 1 aliphatic rings. The first-order valence-electron chi connectivity index (χ1n) is 2.84. The number of hydrogen-bond acceptors (Lipinski definition) is 2. The van der Waals surface area contributed by atoms with Crippen molar-refractivity contribution in [3.63, 3.8) is 0 Å². The molecule has 3 nitrogen and oxygen atoms in total. The summed E-state index contributed by atoms with van der Waals surface area (Å²) in [6, 6.07) is 0. The number of carbonyl (C=O) groups is 1. The third-order valence-electron chi connectivity index (χ3n) is 1.53. The molecule has 1 saturated heterocycles. The van der Waals surface area contributed by atoms with Crippen LogP contribution in [0.2, 0.25) is 0 Å². The second-order valence-electron chi connectivity index (χ2n) is 2.14. The van der Waals surface area contributed by atoms with Crippen LogP contribution in [0.1, 0.15) is 6.92 Å². The smallest absolute Gasteiger partial charge is 0.331 e. The van der Waals surface area contributed by atoms with Gasteiger partial charge in [-0.3, -0.25) is 0 Å². The Morgan fingerprint density at radius 1 is 1.67 bits per heavy atom. The van der Waals surface area contributed by atoms with Crippen LogP contribution in [0.3, 0.4) is 0 Å². The molecule has 0 spiro atoms. The average Bonchev–Trinajstić information content (AvgIpc) is 1.60. The van der Waals surface area contributed by atoms with E-state index in [-0.39, 0.29) is 0 Å². The number of rotatable bonds is 1. The van der Waals surface area contributed by atoms with Crippen molar-refractivity contribution in [3.05, 3.63) is 11.1 Å². The van der Waals surface area contributed by atoms with Crippen molar-refractivity contribution >= 4 is 5.97 Å². The maximum atomic E-state index is 10.2. The summed E-state index contributed by atoms with van der Waals surface area (Å²) in [7, 11) is 0. The maximum absolute atomic E-state index is 10.2. The first kappa shape index (κ1) is 6.29. The summed E-state index contributed by atoms with van der Waals surface area (Å²) in [5.41, 5.74) is 1.51. The predicted molar refractivity (Wildman–Crippen MR) is 33.2 cm³/mol. The lowest BCUT2D eigenvalue weighted by atomic mass is 10.1. The number of carboxylic acids is 1. The Balaban J connectivity index is 2.67. The maximum Gasteiger partial charge on any atom is 0.331 e. The minimum atomic E-state index is -0.800. The zero-order valence-electron chi connectivity index (χ0n) is 5.27. The highest BCUT2D eigenvalue weighted by molar-refractivity contribution is 5.87. The van der Waals surface area contributed by atoms with Gasteiger partial charge < -0.3 is 10.4 Å². The minimum Gasteiger partial charge on any atom is -0.478 e. The Kier molecular flexibility index (Phi) is 1.53. The average molecular weight is 127 g/mol. The molecular weight excluding hydrogens is 118 g/mol. The summed E-state index contributed by atoms with van der Waals surface area (Å²) in [5, 5.41) is 11.4. The Morgan fingerprint density at radius 2 is 2.22 bits per heavy atom. The number of carboxylic acid groups (broad SMARTS) is 1. The molecule has 0 bridgehead atoms. The van der Waals surface area contributed by atoms with Gasteiger partial charge in [-0.25, -0.2) is 4.79 Å². The van der Waals surface area contributed by atoms with Crippen LogP contribution < -0.4 is 5.32 Å². The largest absolute Gasteiger partial charge is 0.478 e. The monoisotopic (exact) mass is 127 g/mol. The van der Waals surface area contributed by atoms with Crippen LogP contribution in [0.25, 0.3) is 0 Å². The zero-order valence-corrected chi connectivity index (χ0v) is 5.27. The van der Waals surface area contributed by atoms with Crippen molar-refractivity contribution in [3.8, 4) is 0 Å². The summed E-state index contributed by atoms with van der Waals surface area (Å²) in [5.74, 6) is -0.800. The number of nitrogens with one attached hydrogen (secondary N) is 1. The number of hydrogen-bond donors (Lipinski definition) is 2. The summed E-state index contributed by atoms with van der Waals surface area (Å²) in [6.45, 7) is 3.13. The van der Waals surface area contributed by atoms with Gasteiger partial charge in [-0.15, -0.1) is 0 Å². The lowest BCUT2D eigenvalue weighted by molar-refractivity contribution is -0.132. The summed E-state index contributed by atoms with van der Waals surface area (Å²) in [4.78, 5) is 10.2. The molecule has 3 heteroatoms. The summed E-state index contributed by atoms with van der Waals surface area (Å²) in [6.07, 6.45) is 0. The quantitative estimate of drug-likeness (QED) is 0.487. The van der Waals surface area contributed by atoms with E-state index in [0.29, 0.717) is 5.57 Å². The molecule has 9 heavy (non-hydrogen) atoms. The molecule has 0 aliphatic carbocycles. The van der Waals surface area contributed by atoms with Crippen LogP contribution in [0.5, 0.6) is 0 Å². The van der Waals surface area contributed by atoms with E-state index in [1.165, 1.54) is 0 Å². The molecule has 0 unspecified atom stereocenters. The SMILES string of the molecule is CC(C(=O)O)=C1CNC1. The lowest BCUT2D eigenvalue weighted by Crippen LogP contribution is -2.35. The number of aliphatic carboxylic acids is 1. The highest BCUT2D eigenvalue weighted by Crippen LogP contribution is 2.07. The minimum absolute atomic E-state index is 0.494. The second kappa shape index (κ2) is 2.19. The fourth-order valence-corrected chi connectivity index (χ4v) is 0.666. The fourth-order valence-electron chi connectivity index (χ4n) is 0.666. The van der Waals surface area contributed by atoms with E-state index in [1.807, 2.05) is 0 Å². The molecule has 0 aromatic rings. The van der Waals surface area contributed by atoms with E-state index in [0.717, 1.165) is 18.7 Å². The van der Waals surface area contributed by atoms with E-state index < -0.39 is 5.97 Å². The Labute approximate surface area is 53.4 Å². The van der Waals surface area contributed by atoms with Crippen LogP contribution in [-0.2, 0) is 4.79 Å². The molecular formula is C6H9NO2. The van der Waals surface area contributed by atoms with Gasteiger partial charge in [0.1, 0.15) is 0 Å². The van der Waals surface area contributed by atoms with Gasteiger partial charge in [0.05, 0.1) is 0 Å². The molecule has 1 heterocycles. The third-order valence-corrected chi connectivity index (χ3v) is 1.53. The van der Waals surface area contributed by atoms with E-state index in [2.05, 4.69) is 5.32 Å². The molecule has 2 N–H and O–H groups in total. The van der Waals surface area contributed by atoms with Crippen LogP contribution in [-0.4, -0.2) is 24.2 Å². The third kappa shape index (κ3) is 1.10. The van der Waals surface area contributed by atoms with Gasteiger partial charge >= 0.3 is 5.97 Å². The van der Waals surface area contributed by atoms with Crippen LogP contribution >= 0.6 is 0 Å². The Bertz CT molecular complexity index is 166. The Morgan fingerprint density at radius 3 is 2.33 bits per heavy atom. The molecule has 1 fully saturated rings. The second-order valence-corrected chi connectivity index (χ2v) is 2.14. The fraction of sp³-hybridized carbons (Fsp3) is 0.500. The van der Waals surface area contributed by atoms with Gasteiger partial charge in [0.25, 0.3) is 0 Å². The molecule has 0 saturated carbocycles. The van der Waals surface area contributed by atoms with E-state index in [4.69, 9.17) is 5.11 Å². The van der Waals surface area contributed by atoms with Crippen molar-refractivity contribution in [2.75, 3.05) is 13.1 Å². The van der Waals surface area contributed by atoms with E-state index >= 15 is 0 Å². The molecule has 0 aromatic carbocycles. The van der Waals surface area contributed by atoms with E-state index in [1.54, 1.807) is 6.92 Å². The normalized spacial score (nSPS) is 16.8. The molecule has 1 aliphatic heterocycles. The van der Waals surface area contributed by atoms with Gasteiger partial charge in [0, 0.05) is 18.7 Å². The van der Waals surface area contributed by atoms with Crippen molar-refractivity contribution < 1.29 is 9.90 Å². The molecule has 0 radical (unpaired) electrons. The Hall–Kier alpha value is -0.830. The molecule has 0 atom stereocenters. The van der Waals surface area contributed by atoms with Crippen LogP contribution in [0.4, 0.5) is 0 Å². The predicted octanol–water partition coefficient (Wildman–Crippen LogP) is -0.00930. The van der Waals surface area contributed by atoms with Crippen LogP contribution in [0.15, 0.2) is 11.1 Å². The standard InChI is InChI=1S/C6H9NO2/c1-4(6(8)9)5-2-7-3-5/h7H,2-3H2,1H3,(H,8,9). The van der Waals surface area contributed by atoms with Gasteiger partial charge in [-0.1, -0.05) is 0 Å².